The second-order valence-electron chi connectivity index (χ2n) is 6.97. The van der Waals surface area contributed by atoms with Crippen molar-refractivity contribution in [3.05, 3.63) is 23.8 Å². The molecule has 0 radical (unpaired) electrons. The number of halogens is 2. The fourth-order valence-electron chi connectivity index (χ4n) is 3.31. The number of guanidine groups is 1. The Balaban J connectivity index is 1.91. The van der Waals surface area contributed by atoms with Crippen molar-refractivity contribution in [2.45, 2.75) is 45.8 Å². The molecule has 0 atom stereocenters. The number of alkyl halides is 2. The summed E-state index contributed by atoms with van der Waals surface area (Å²) in [4.78, 5) is 4.27. The van der Waals surface area contributed by atoms with E-state index in [1.807, 2.05) is 0 Å². The summed E-state index contributed by atoms with van der Waals surface area (Å²) in [5, 5.41) is 6.65. The summed E-state index contributed by atoms with van der Waals surface area (Å²) < 4.78 is 40.2. The Bertz CT molecular complexity index is 637. The highest BCUT2D eigenvalue weighted by molar-refractivity contribution is 5.79. The SMILES string of the molecule is CCOc1cc(CNC(=NC)NCC2(CCOC)CCC2)ccc1OC(F)F. The van der Waals surface area contributed by atoms with Gasteiger partial charge in [0.2, 0.25) is 0 Å². The Morgan fingerprint density at radius 2 is 2.04 bits per heavy atom. The average molecular weight is 399 g/mol. The monoisotopic (exact) mass is 399 g/mol. The largest absolute Gasteiger partial charge is 0.490 e. The van der Waals surface area contributed by atoms with Crippen LogP contribution in [-0.2, 0) is 11.3 Å². The van der Waals surface area contributed by atoms with E-state index >= 15 is 0 Å². The van der Waals surface area contributed by atoms with E-state index in [1.54, 1.807) is 33.2 Å². The number of aliphatic imine (C=N–C) groups is 1. The predicted molar refractivity (Wildman–Crippen MR) is 105 cm³/mol. The topological polar surface area (TPSA) is 64.1 Å². The highest BCUT2D eigenvalue weighted by Crippen LogP contribution is 2.43. The summed E-state index contributed by atoms with van der Waals surface area (Å²) >= 11 is 0. The molecule has 0 aliphatic heterocycles. The first kappa shape index (κ1) is 22.2. The summed E-state index contributed by atoms with van der Waals surface area (Å²) in [6.07, 6.45) is 4.69. The fourth-order valence-corrected chi connectivity index (χ4v) is 3.31. The summed E-state index contributed by atoms with van der Waals surface area (Å²) in [5.41, 5.74) is 1.16. The molecule has 1 aliphatic rings. The maximum atomic E-state index is 12.5. The highest BCUT2D eigenvalue weighted by atomic mass is 19.3. The standard InChI is InChI=1S/C20H31F2N3O3/c1-4-27-17-12-15(6-7-16(17)28-18(21)22)13-24-19(23-2)25-14-20(8-5-9-20)10-11-26-3/h6-7,12,18H,4-5,8-11,13-14H2,1-3H3,(H2,23,24,25). The van der Waals surface area contributed by atoms with Crippen molar-refractivity contribution in [2.24, 2.45) is 10.4 Å². The molecule has 0 unspecified atom stereocenters. The second-order valence-corrected chi connectivity index (χ2v) is 6.97. The molecule has 1 fully saturated rings. The molecule has 0 saturated heterocycles. The minimum Gasteiger partial charge on any atom is -0.490 e. The molecule has 0 amide bonds. The highest BCUT2D eigenvalue weighted by Gasteiger charge is 2.36. The van der Waals surface area contributed by atoms with Gasteiger partial charge in [-0.1, -0.05) is 12.5 Å². The molecular formula is C20H31F2N3O3. The maximum absolute atomic E-state index is 12.5. The number of ether oxygens (including phenoxy) is 3. The molecule has 158 valence electrons. The molecule has 0 aromatic heterocycles. The predicted octanol–water partition coefficient (Wildman–Crippen LogP) is 3.56. The zero-order chi connectivity index (χ0) is 20.4. The van der Waals surface area contributed by atoms with Crippen LogP contribution in [-0.4, -0.2) is 46.5 Å². The molecule has 1 saturated carbocycles. The van der Waals surface area contributed by atoms with Gasteiger partial charge >= 0.3 is 6.61 Å². The van der Waals surface area contributed by atoms with E-state index in [4.69, 9.17) is 9.47 Å². The zero-order valence-electron chi connectivity index (χ0n) is 16.9. The summed E-state index contributed by atoms with van der Waals surface area (Å²) in [5.74, 6) is 1.04. The van der Waals surface area contributed by atoms with Crippen LogP contribution in [0.2, 0.25) is 0 Å². The number of methoxy groups -OCH3 is 1. The molecule has 1 aromatic carbocycles. The Morgan fingerprint density at radius 3 is 2.61 bits per heavy atom. The zero-order valence-corrected chi connectivity index (χ0v) is 16.9. The van der Waals surface area contributed by atoms with E-state index in [2.05, 4.69) is 20.4 Å². The minimum atomic E-state index is -2.89. The summed E-state index contributed by atoms with van der Waals surface area (Å²) in [6, 6.07) is 4.93. The first-order valence-corrected chi connectivity index (χ1v) is 9.66. The van der Waals surface area contributed by atoms with Gasteiger partial charge < -0.3 is 24.8 Å². The molecule has 28 heavy (non-hydrogen) atoms. The minimum absolute atomic E-state index is 0.0353. The van der Waals surface area contributed by atoms with Gasteiger partial charge in [-0.05, 0) is 49.3 Å². The van der Waals surface area contributed by atoms with Crippen molar-refractivity contribution in [3.63, 3.8) is 0 Å². The molecule has 0 spiro atoms. The lowest BCUT2D eigenvalue weighted by atomic mass is 9.67. The molecule has 8 heteroatoms. The van der Waals surface area contributed by atoms with Gasteiger partial charge in [-0.2, -0.15) is 8.78 Å². The molecule has 1 aromatic rings. The van der Waals surface area contributed by atoms with E-state index in [-0.39, 0.29) is 11.2 Å². The van der Waals surface area contributed by atoms with E-state index < -0.39 is 6.61 Å². The number of nitrogens with zero attached hydrogens (tertiary/aromatic N) is 1. The average Bonchev–Trinajstić information content (AvgIpc) is 2.64. The van der Waals surface area contributed by atoms with Crippen LogP contribution in [0, 0.1) is 5.41 Å². The third-order valence-electron chi connectivity index (χ3n) is 5.09. The molecule has 2 N–H and O–H groups in total. The van der Waals surface area contributed by atoms with Gasteiger partial charge in [0, 0.05) is 33.9 Å². The number of hydrogen-bond donors (Lipinski definition) is 2. The van der Waals surface area contributed by atoms with Crippen molar-refractivity contribution >= 4 is 5.96 Å². The van der Waals surface area contributed by atoms with E-state index in [9.17, 15) is 8.78 Å². The van der Waals surface area contributed by atoms with Crippen LogP contribution in [0.3, 0.4) is 0 Å². The van der Waals surface area contributed by atoms with Crippen molar-refractivity contribution in [2.75, 3.05) is 33.9 Å². The lowest BCUT2D eigenvalue weighted by molar-refractivity contribution is -0.0514. The van der Waals surface area contributed by atoms with Crippen LogP contribution in [0.4, 0.5) is 8.78 Å². The van der Waals surface area contributed by atoms with E-state index in [0.717, 1.165) is 25.1 Å². The van der Waals surface area contributed by atoms with Gasteiger partial charge in [0.25, 0.3) is 0 Å². The lowest BCUT2D eigenvalue weighted by Gasteiger charge is -2.42. The van der Waals surface area contributed by atoms with Crippen LogP contribution in [0.25, 0.3) is 0 Å². The lowest BCUT2D eigenvalue weighted by Crippen LogP contribution is -2.46. The Kier molecular flexibility index (Phi) is 8.76. The molecule has 6 nitrogen and oxygen atoms in total. The quantitative estimate of drug-likeness (QED) is 0.440. The van der Waals surface area contributed by atoms with Crippen LogP contribution in [0.5, 0.6) is 11.5 Å². The molecule has 0 heterocycles. The van der Waals surface area contributed by atoms with Crippen LogP contribution < -0.4 is 20.1 Å². The Labute approximate surface area is 165 Å². The number of benzene rings is 1. The molecule has 0 bridgehead atoms. The van der Waals surface area contributed by atoms with Crippen LogP contribution >= 0.6 is 0 Å². The van der Waals surface area contributed by atoms with Crippen LogP contribution in [0.15, 0.2) is 23.2 Å². The van der Waals surface area contributed by atoms with Gasteiger partial charge in [0.05, 0.1) is 6.61 Å². The smallest absolute Gasteiger partial charge is 0.387 e. The normalized spacial score (nSPS) is 15.9. The fraction of sp³-hybridized carbons (Fsp3) is 0.650. The van der Waals surface area contributed by atoms with Crippen molar-refractivity contribution in [1.82, 2.24) is 10.6 Å². The molecule has 1 aliphatic carbocycles. The third-order valence-corrected chi connectivity index (χ3v) is 5.09. The number of nitrogens with one attached hydrogen (secondary N) is 2. The number of hydrogen-bond acceptors (Lipinski definition) is 4. The van der Waals surface area contributed by atoms with E-state index in [0.29, 0.717) is 24.9 Å². The Hall–Kier alpha value is -2.09. The molecule has 2 rings (SSSR count). The first-order chi connectivity index (χ1) is 13.5. The van der Waals surface area contributed by atoms with Crippen molar-refractivity contribution in [1.29, 1.82) is 0 Å². The summed E-state index contributed by atoms with van der Waals surface area (Å²) in [6.45, 7) is 1.37. The van der Waals surface area contributed by atoms with Gasteiger partial charge in [0.15, 0.2) is 17.5 Å². The maximum Gasteiger partial charge on any atom is 0.387 e. The summed E-state index contributed by atoms with van der Waals surface area (Å²) in [7, 11) is 3.46. The van der Waals surface area contributed by atoms with Gasteiger partial charge in [-0.3, -0.25) is 4.99 Å². The second kappa shape index (κ2) is 11.0. The Morgan fingerprint density at radius 1 is 1.25 bits per heavy atom. The van der Waals surface area contributed by atoms with Gasteiger partial charge in [-0.15, -0.1) is 0 Å². The van der Waals surface area contributed by atoms with Crippen LogP contribution in [0.1, 0.15) is 38.2 Å². The van der Waals surface area contributed by atoms with Gasteiger partial charge in [0.1, 0.15) is 0 Å². The van der Waals surface area contributed by atoms with Gasteiger partial charge in [-0.25, -0.2) is 0 Å². The van der Waals surface area contributed by atoms with Crippen molar-refractivity contribution in [3.8, 4) is 11.5 Å². The molecular weight excluding hydrogens is 368 g/mol. The first-order valence-electron chi connectivity index (χ1n) is 9.66. The van der Waals surface area contributed by atoms with E-state index in [1.165, 1.54) is 25.3 Å². The number of rotatable bonds is 11. The van der Waals surface area contributed by atoms with Crippen molar-refractivity contribution < 1.29 is 23.0 Å². The third kappa shape index (κ3) is 6.51.